The van der Waals surface area contributed by atoms with Crippen molar-refractivity contribution in [1.29, 1.82) is 0 Å². The Balaban J connectivity index is 1.91. The molecule has 172 valence electrons. The third-order valence-electron chi connectivity index (χ3n) is 4.96. The second-order valence-corrected chi connectivity index (χ2v) is 7.23. The Bertz CT molecular complexity index is 794. The van der Waals surface area contributed by atoms with Gasteiger partial charge in [0, 0.05) is 19.6 Å². The number of halogens is 3. The van der Waals surface area contributed by atoms with Gasteiger partial charge in [-0.1, -0.05) is 32.0 Å². The Morgan fingerprint density at radius 3 is 2.16 bits per heavy atom. The van der Waals surface area contributed by atoms with E-state index in [4.69, 9.17) is 9.47 Å². The van der Waals surface area contributed by atoms with E-state index in [-0.39, 0.29) is 6.61 Å². The number of aliphatic hydroxyl groups excluding tert-OH is 1. The first kappa shape index (κ1) is 25.0. The summed E-state index contributed by atoms with van der Waals surface area (Å²) < 4.78 is 49.1. The van der Waals surface area contributed by atoms with E-state index in [1.54, 1.807) is 13.2 Å². The zero-order chi connectivity index (χ0) is 22.9. The molecule has 0 aliphatic rings. The van der Waals surface area contributed by atoms with Gasteiger partial charge < -0.3 is 24.8 Å². The summed E-state index contributed by atoms with van der Waals surface area (Å²) in [4.78, 5) is 2.12. The summed E-state index contributed by atoms with van der Waals surface area (Å²) in [6.07, 6.45) is -4.95. The van der Waals surface area contributed by atoms with Crippen LogP contribution in [0.15, 0.2) is 42.5 Å². The third kappa shape index (κ3) is 8.05. The van der Waals surface area contributed by atoms with Gasteiger partial charge in [0.2, 0.25) is 0 Å². The van der Waals surface area contributed by atoms with Crippen LogP contribution in [0.1, 0.15) is 30.5 Å². The van der Waals surface area contributed by atoms with Crippen molar-refractivity contribution in [2.24, 2.45) is 0 Å². The number of ether oxygens (including phenoxy) is 2. The highest BCUT2D eigenvalue weighted by Crippen LogP contribution is 2.29. The van der Waals surface area contributed by atoms with Crippen LogP contribution in [0.25, 0.3) is 0 Å². The molecule has 0 spiro atoms. The van der Waals surface area contributed by atoms with Crippen LogP contribution in [0.3, 0.4) is 0 Å². The van der Waals surface area contributed by atoms with Crippen LogP contribution in [-0.4, -0.2) is 49.5 Å². The molecule has 1 atom stereocenters. The van der Waals surface area contributed by atoms with Crippen molar-refractivity contribution in [3.63, 3.8) is 0 Å². The van der Waals surface area contributed by atoms with Gasteiger partial charge in [-0.3, -0.25) is 0 Å². The first-order valence-electron chi connectivity index (χ1n) is 10.3. The Kier molecular flexibility index (Phi) is 9.61. The van der Waals surface area contributed by atoms with Gasteiger partial charge in [0.15, 0.2) is 11.5 Å². The molecule has 0 heterocycles. The van der Waals surface area contributed by atoms with Crippen molar-refractivity contribution >= 4 is 0 Å². The van der Waals surface area contributed by atoms with Gasteiger partial charge in [0.05, 0.1) is 12.7 Å². The summed E-state index contributed by atoms with van der Waals surface area (Å²) in [5.41, 5.74) is 1.04. The largest absolute Gasteiger partial charge is 0.493 e. The Morgan fingerprint density at radius 1 is 0.968 bits per heavy atom. The Labute approximate surface area is 181 Å². The number of nitrogens with zero attached hydrogens (tertiary/aromatic N) is 1. The van der Waals surface area contributed by atoms with E-state index < -0.39 is 17.8 Å². The van der Waals surface area contributed by atoms with Crippen molar-refractivity contribution in [2.75, 3.05) is 33.4 Å². The monoisotopic (exact) mass is 440 g/mol. The zero-order valence-electron chi connectivity index (χ0n) is 18.2. The van der Waals surface area contributed by atoms with Crippen molar-refractivity contribution in [3.8, 4) is 11.5 Å². The van der Waals surface area contributed by atoms with Gasteiger partial charge >= 0.3 is 6.18 Å². The van der Waals surface area contributed by atoms with E-state index in [1.165, 1.54) is 12.1 Å². The molecule has 0 amide bonds. The molecule has 0 saturated heterocycles. The van der Waals surface area contributed by atoms with Crippen LogP contribution in [0.4, 0.5) is 13.2 Å². The summed E-state index contributed by atoms with van der Waals surface area (Å²) >= 11 is 0. The lowest BCUT2D eigenvalue weighted by Gasteiger charge is -2.22. The van der Waals surface area contributed by atoms with E-state index in [1.807, 2.05) is 26.0 Å². The molecule has 0 saturated carbocycles. The molecule has 31 heavy (non-hydrogen) atoms. The minimum atomic E-state index is -4.33. The van der Waals surface area contributed by atoms with Crippen LogP contribution in [0.2, 0.25) is 0 Å². The number of hydrogen-bond acceptors (Lipinski definition) is 5. The lowest BCUT2D eigenvalue weighted by atomic mass is 10.1. The van der Waals surface area contributed by atoms with Gasteiger partial charge in [-0.05, 0) is 48.5 Å². The van der Waals surface area contributed by atoms with Crippen molar-refractivity contribution in [2.45, 2.75) is 39.2 Å². The molecule has 0 bridgehead atoms. The average molecular weight is 441 g/mol. The SMILES string of the molecule is CCN(CC)CC(O)COc1cc(CNCc2ccc(C(F)(F)F)cc2)ccc1OC. The molecule has 0 aromatic heterocycles. The number of benzene rings is 2. The van der Waals surface area contributed by atoms with Crippen LogP contribution in [0, 0.1) is 0 Å². The highest BCUT2D eigenvalue weighted by molar-refractivity contribution is 5.43. The van der Waals surface area contributed by atoms with Gasteiger partial charge in [0.25, 0.3) is 0 Å². The minimum Gasteiger partial charge on any atom is -0.493 e. The van der Waals surface area contributed by atoms with Crippen LogP contribution in [0.5, 0.6) is 11.5 Å². The summed E-state index contributed by atoms with van der Waals surface area (Å²) in [7, 11) is 1.55. The van der Waals surface area contributed by atoms with E-state index in [2.05, 4.69) is 10.2 Å². The highest BCUT2D eigenvalue weighted by atomic mass is 19.4. The molecule has 1 unspecified atom stereocenters. The molecule has 8 heteroatoms. The molecule has 0 aliphatic carbocycles. The van der Waals surface area contributed by atoms with Gasteiger partial charge in [-0.2, -0.15) is 13.2 Å². The van der Waals surface area contributed by atoms with Crippen molar-refractivity contribution in [3.05, 3.63) is 59.2 Å². The number of alkyl halides is 3. The zero-order valence-corrected chi connectivity index (χ0v) is 18.2. The lowest BCUT2D eigenvalue weighted by molar-refractivity contribution is -0.137. The fraction of sp³-hybridized carbons (Fsp3) is 0.478. The van der Waals surface area contributed by atoms with Crippen LogP contribution >= 0.6 is 0 Å². The maximum absolute atomic E-state index is 12.6. The number of methoxy groups -OCH3 is 1. The number of nitrogens with one attached hydrogen (secondary N) is 1. The number of likely N-dealkylation sites (N-methyl/N-ethyl adjacent to an activating group) is 1. The Morgan fingerprint density at radius 2 is 1.58 bits per heavy atom. The van der Waals surface area contributed by atoms with E-state index in [0.717, 1.165) is 36.3 Å². The van der Waals surface area contributed by atoms with Crippen LogP contribution < -0.4 is 14.8 Å². The van der Waals surface area contributed by atoms with Gasteiger partial charge in [-0.15, -0.1) is 0 Å². The second-order valence-electron chi connectivity index (χ2n) is 7.23. The quantitative estimate of drug-likeness (QED) is 0.521. The summed E-state index contributed by atoms with van der Waals surface area (Å²) in [5.74, 6) is 1.11. The number of aliphatic hydroxyl groups is 1. The lowest BCUT2D eigenvalue weighted by Crippen LogP contribution is -2.35. The van der Waals surface area contributed by atoms with Crippen LogP contribution in [-0.2, 0) is 19.3 Å². The standard InChI is InChI=1S/C23H31F3N2O3/c1-4-28(5-2)15-20(29)16-31-22-12-18(8-11-21(22)30-3)14-27-13-17-6-9-19(10-7-17)23(24,25)26/h6-12,20,27,29H,4-5,13-16H2,1-3H3. The average Bonchev–Trinajstić information content (AvgIpc) is 2.76. The second kappa shape index (κ2) is 11.9. The molecular formula is C23H31F3N2O3. The Hall–Kier alpha value is -2.29. The molecule has 2 aromatic carbocycles. The summed E-state index contributed by atoms with van der Waals surface area (Å²) in [5, 5.41) is 13.4. The molecule has 5 nitrogen and oxygen atoms in total. The minimum absolute atomic E-state index is 0.148. The summed E-state index contributed by atoms with van der Waals surface area (Å²) in [6, 6.07) is 10.6. The van der Waals surface area contributed by atoms with Gasteiger partial charge in [-0.25, -0.2) is 0 Å². The molecule has 0 fully saturated rings. The maximum Gasteiger partial charge on any atom is 0.416 e. The molecular weight excluding hydrogens is 409 g/mol. The first-order valence-corrected chi connectivity index (χ1v) is 10.3. The molecule has 2 N–H and O–H groups in total. The smallest absolute Gasteiger partial charge is 0.416 e. The summed E-state index contributed by atoms with van der Waals surface area (Å²) in [6.45, 7) is 7.42. The molecule has 2 aromatic rings. The third-order valence-corrected chi connectivity index (χ3v) is 4.96. The van der Waals surface area contributed by atoms with E-state index in [0.29, 0.717) is 31.1 Å². The molecule has 2 rings (SSSR count). The predicted octanol–water partition coefficient (Wildman–Crippen LogP) is 4.09. The molecule has 0 radical (unpaired) electrons. The van der Waals surface area contributed by atoms with Crippen molar-refractivity contribution < 1.29 is 27.8 Å². The predicted molar refractivity (Wildman–Crippen MR) is 114 cm³/mol. The maximum atomic E-state index is 12.6. The topological polar surface area (TPSA) is 54.0 Å². The van der Waals surface area contributed by atoms with E-state index >= 15 is 0 Å². The van der Waals surface area contributed by atoms with Gasteiger partial charge in [0.1, 0.15) is 12.7 Å². The van der Waals surface area contributed by atoms with E-state index in [9.17, 15) is 18.3 Å². The first-order chi connectivity index (χ1) is 14.8. The fourth-order valence-electron chi connectivity index (χ4n) is 3.13. The number of hydrogen-bond donors (Lipinski definition) is 2. The van der Waals surface area contributed by atoms with Crippen molar-refractivity contribution in [1.82, 2.24) is 10.2 Å². The molecule has 0 aliphatic heterocycles. The fourth-order valence-corrected chi connectivity index (χ4v) is 3.13. The highest BCUT2D eigenvalue weighted by Gasteiger charge is 2.29. The normalized spacial score (nSPS) is 12.8. The number of rotatable bonds is 12.